The quantitative estimate of drug-likeness (QED) is 0.909. The van der Waals surface area contributed by atoms with Crippen molar-refractivity contribution in [3.05, 3.63) is 54.0 Å². The lowest BCUT2D eigenvalue weighted by molar-refractivity contribution is -0.149. The molecule has 1 saturated heterocycles. The summed E-state index contributed by atoms with van der Waals surface area (Å²) in [6.07, 6.45) is 1.12. The number of para-hydroxylation sites is 1. The van der Waals surface area contributed by atoms with Crippen molar-refractivity contribution in [3.8, 4) is 5.75 Å². The van der Waals surface area contributed by atoms with E-state index in [4.69, 9.17) is 14.3 Å². The number of likely N-dealkylation sites (tertiary alicyclic amines) is 1. The molecule has 0 bridgehead atoms. The molecule has 0 spiro atoms. The number of hydrogen-bond donors (Lipinski definition) is 1. The zero-order valence-electron chi connectivity index (χ0n) is 12.8. The Morgan fingerprint density at radius 1 is 1.29 bits per heavy atom. The SMILES string of the molecule is O=C(c1occc1COc1ccccc1)N1CCC(F)(C(=O)O)C1. The molecule has 1 aliphatic rings. The molecule has 0 radical (unpaired) electrons. The minimum atomic E-state index is -2.40. The zero-order chi connectivity index (χ0) is 17.2. The lowest BCUT2D eigenvalue weighted by Crippen LogP contribution is -2.39. The van der Waals surface area contributed by atoms with Crippen molar-refractivity contribution in [3.63, 3.8) is 0 Å². The second-order valence-corrected chi connectivity index (χ2v) is 5.62. The van der Waals surface area contributed by atoms with E-state index >= 15 is 0 Å². The van der Waals surface area contributed by atoms with E-state index in [1.54, 1.807) is 18.2 Å². The molecule has 2 aromatic rings. The Bertz CT molecular complexity index is 744. The molecule has 1 unspecified atom stereocenters. The Kier molecular flexibility index (Phi) is 4.24. The van der Waals surface area contributed by atoms with Crippen LogP contribution in [0.15, 0.2) is 47.1 Å². The molecule has 1 fully saturated rings. The van der Waals surface area contributed by atoms with Crippen LogP contribution in [0.5, 0.6) is 5.75 Å². The highest BCUT2D eigenvalue weighted by atomic mass is 19.1. The number of furan rings is 1. The second kappa shape index (κ2) is 6.35. The van der Waals surface area contributed by atoms with Gasteiger partial charge in [-0.15, -0.1) is 0 Å². The summed E-state index contributed by atoms with van der Waals surface area (Å²) >= 11 is 0. The third-order valence-electron chi connectivity index (χ3n) is 3.97. The molecule has 1 N–H and O–H groups in total. The molecule has 0 saturated carbocycles. The molecule has 126 valence electrons. The summed E-state index contributed by atoms with van der Waals surface area (Å²) in [6.45, 7) is -0.336. The van der Waals surface area contributed by atoms with Gasteiger partial charge in [0.25, 0.3) is 5.91 Å². The number of carboxylic acid groups (broad SMARTS) is 1. The molecule has 7 heteroatoms. The number of hydrogen-bond acceptors (Lipinski definition) is 4. The van der Waals surface area contributed by atoms with Gasteiger partial charge in [-0.1, -0.05) is 18.2 Å². The highest BCUT2D eigenvalue weighted by Gasteiger charge is 2.47. The maximum Gasteiger partial charge on any atom is 0.343 e. The molecule has 6 nitrogen and oxygen atoms in total. The molecule has 1 atom stereocenters. The lowest BCUT2D eigenvalue weighted by atomic mass is 10.1. The number of nitrogens with zero attached hydrogens (tertiary/aromatic N) is 1. The number of alkyl halides is 1. The normalized spacial score (nSPS) is 20.1. The van der Waals surface area contributed by atoms with E-state index in [2.05, 4.69) is 0 Å². The van der Waals surface area contributed by atoms with Crippen molar-refractivity contribution in [2.45, 2.75) is 18.7 Å². The Balaban J connectivity index is 1.69. The van der Waals surface area contributed by atoms with Gasteiger partial charge in [0.05, 0.1) is 12.8 Å². The maximum atomic E-state index is 14.1. The van der Waals surface area contributed by atoms with Gasteiger partial charge in [-0.25, -0.2) is 9.18 Å². The Morgan fingerprint density at radius 3 is 2.71 bits per heavy atom. The number of ether oxygens (including phenoxy) is 1. The minimum Gasteiger partial charge on any atom is -0.489 e. The standard InChI is InChI=1S/C17H16FNO5/c18-17(16(21)22)7-8-19(11-17)15(20)14-12(6-9-23-14)10-24-13-4-2-1-3-5-13/h1-6,9H,7-8,10-11H2,(H,21,22). The van der Waals surface area contributed by atoms with Crippen LogP contribution in [0.4, 0.5) is 4.39 Å². The van der Waals surface area contributed by atoms with Crippen molar-refractivity contribution < 1.29 is 28.2 Å². The highest BCUT2D eigenvalue weighted by Crippen LogP contribution is 2.28. The Labute approximate surface area is 137 Å². The molecule has 1 aromatic heterocycles. The fraction of sp³-hybridized carbons (Fsp3) is 0.294. The molecule has 3 rings (SSSR count). The van der Waals surface area contributed by atoms with Gasteiger partial charge in [-0.2, -0.15) is 0 Å². The molecule has 1 aliphatic heterocycles. The molecule has 1 aromatic carbocycles. The van der Waals surface area contributed by atoms with Gasteiger partial charge in [0, 0.05) is 18.5 Å². The number of carbonyl (C=O) groups excluding carboxylic acids is 1. The van der Waals surface area contributed by atoms with E-state index in [9.17, 15) is 14.0 Å². The number of halogens is 1. The van der Waals surface area contributed by atoms with Gasteiger partial charge in [0.15, 0.2) is 5.76 Å². The number of amides is 1. The average molecular weight is 333 g/mol. The first kappa shape index (κ1) is 16.0. The average Bonchev–Trinajstić information content (AvgIpc) is 3.21. The summed E-state index contributed by atoms with van der Waals surface area (Å²) in [5, 5.41) is 8.91. The van der Waals surface area contributed by atoms with E-state index in [1.807, 2.05) is 18.2 Å². The van der Waals surface area contributed by atoms with Crippen LogP contribution in [0.2, 0.25) is 0 Å². The number of carboxylic acids is 1. The minimum absolute atomic E-state index is 0.0291. The van der Waals surface area contributed by atoms with Crippen LogP contribution in [-0.2, 0) is 11.4 Å². The van der Waals surface area contributed by atoms with E-state index in [1.165, 1.54) is 6.26 Å². The first-order valence-electron chi connectivity index (χ1n) is 7.45. The van der Waals surface area contributed by atoms with Gasteiger partial charge in [0.1, 0.15) is 12.4 Å². The monoisotopic (exact) mass is 333 g/mol. The third kappa shape index (κ3) is 3.10. The fourth-order valence-corrected chi connectivity index (χ4v) is 2.58. The van der Waals surface area contributed by atoms with Crippen molar-refractivity contribution in [1.82, 2.24) is 4.90 Å². The molecule has 2 heterocycles. The van der Waals surface area contributed by atoms with Crippen LogP contribution in [0.3, 0.4) is 0 Å². The topological polar surface area (TPSA) is 80.0 Å². The molecule has 24 heavy (non-hydrogen) atoms. The van der Waals surface area contributed by atoms with E-state index < -0.39 is 24.1 Å². The van der Waals surface area contributed by atoms with Crippen LogP contribution in [-0.4, -0.2) is 40.6 Å². The van der Waals surface area contributed by atoms with Gasteiger partial charge >= 0.3 is 5.97 Å². The smallest absolute Gasteiger partial charge is 0.343 e. The second-order valence-electron chi connectivity index (χ2n) is 5.62. The van der Waals surface area contributed by atoms with Crippen molar-refractivity contribution in [2.24, 2.45) is 0 Å². The van der Waals surface area contributed by atoms with Gasteiger partial charge in [-0.05, 0) is 18.2 Å². The number of benzene rings is 1. The summed E-state index contributed by atoms with van der Waals surface area (Å²) in [5.74, 6) is -1.40. The first-order chi connectivity index (χ1) is 11.5. The van der Waals surface area contributed by atoms with Gasteiger partial charge < -0.3 is 19.2 Å². The summed E-state index contributed by atoms with van der Waals surface area (Å²) in [5.41, 5.74) is -1.88. The third-order valence-corrected chi connectivity index (χ3v) is 3.97. The molecular weight excluding hydrogens is 317 g/mol. The van der Waals surface area contributed by atoms with Crippen molar-refractivity contribution in [2.75, 3.05) is 13.1 Å². The highest BCUT2D eigenvalue weighted by molar-refractivity contribution is 5.94. The van der Waals surface area contributed by atoms with Crippen LogP contribution < -0.4 is 4.74 Å². The predicted molar refractivity (Wildman–Crippen MR) is 81.5 cm³/mol. The molecule has 0 aliphatic carbocycles. The van der Waals surface area contributed by atoms with Crippen LogP contribution in [0.25, 0.3) is 0 Å². The lowest BCUT2D eigenvalue weighted by Gasteiger charge is -2.17. The first-order valence-corrected chi connectivity index (χ1v) is 7.45. The number of aliphatic carboxylic acids is 1. The van der Waals surface area contributed by atoms with Crippen molar-refractivity contribution >= 4 is 11.9 Å². The van der Waals surface area contributed by atoms with E-state index in [-0.39, 0.29) is 25.3 Å². The van der Waals surface area contributed by atoms with Crippen LogP contribution in [0, 0.1) is 0 Å². The van der Waals surface area contributed by atoms with Crippen LogP contribution >= 0.6 is 0 Å². The summed E-state index contributed by atoms with van der Waals surface area (Å²) < 4.78 is 24.9. The van der Waals surface area contributed by atoms with Crippen molar-refractivity contribution in [1.29, 1.82) is 0 Å². The summed E-state index contributed by atoms with van der Waals surface area (Å²) in [4.78, 5) is 24.6. The Hall–Kier alpha value is -2.83. The van der Waals surface area contributed by atoms with E-state index in [0.717, 1.165) is 4.90 Å². The molecule has 1 amide bonds. The van der Waals surface area contributed by atoms with Gasteiger partial charge in [0.2, 0.25) is 5.67 Å². The maximum absolute atomic E-state index is 14.1. The number of carbonyl (C=O) groups is 2. The van der Waals surface area contributed by atoms with Gasteiger partial charge in [-0.3, -0.25) is 4.79 Å². The van der Waals surface area contributed by atoms with Crippen LogP contribution in [0.1, 0.15) is 22.5 Å². The molecular formula is C17H16FNO5. The predicted octanol–water partition coefficient (Wildman–Crippen LogP) is 2.50. The summed E-state index contributed by atoms with van der Waals surface area (Å²) in [6, 6.07) is 10.7. The van der Waals surface area contributed by atoms with E-state index in [0.29, 0.717) is 11.3 Å². The zero-order valence-corrected chi connectivity index (χ0v) is 12.8. The fourth-order valence-electron chi connectivity index (χ4n) is 2.58. The largest absolute Gasteiger partial charge is 0.489 e. The Morgan fingerprint density at radius 2 is 2.04 bits per heavy atom. The number of rotatable bonds is 5. The summed E-state index contributed by atoms with van der Waals surface area (Å²) in [7, 11) is 0.